The van der Waals surface area contributed by atoms with E-state index in [0.717, 1.165) is 16.7 Å². The molecule has 35 heavy (non-hydrogen) atoms. The molecule has 2 aliphatic rings. The van der Waals surface area contributed by atoms with Gasteiger partial charge in [-0.2, -0.15) is 4.31 Å². The molecular weight excluding hydrogens is 497 g/mol. The van der Waals surface area contributed by atoms with Crippen LogP contribution < -0.4 is 5.32 Å². The van der Waals surface area contributed by atoms with Crippen molar-refractivity contribution >= 4 is 44.9 Å². The highest BCUT2D eigenvalue weighted by molar-refractivity contribution is 8.18. The van der Waals surface area contributed by atoms with Crippen molar-refractivity contribution in [2.24, 2.45) is 0 Å². The number of halogens is 1. The molecule has 0 bridgehead atoms. The van der Waals surface area contributed by atoms with Gasteiger partial charge in [0.15, 0.2) is 0 Å². The minimum atomic E-state index is -3.75. The Bertz CT molecular complexity index is 1270. The Labute approximate surface area is 206 Å². The van der Waals surface area contributed by atoms with Crippen molar-refractivity contribution in [2.45, 2.75) is 4.90 Å². The lowest BCUT2D eigenvalue weighted by Gasteiger charge is -2.26. The molecule has 2 aliphatic heterocycles. The quantitative estimate of drug-likeness (QED) is 0.559. The van der Waals surface area contributed by atoms with Crippen molar-refractivity contribution in [1.29, 1.82) is 0 Å². The Kier molecular flexibility index (Phi) is 7.65. The monoisotopic (exact) mass is 519 g/mol. The first-order chi connectivity index (χ1) is 16.8. The summed E-state index contributed by atoms with van der Waals surface area (Å²) in [6, 6.07) is 11.2. The third kappa shape index (κ3) is 5.78. The standard InChI is InChI=1S/C23H22FN3O6S2/c24-18-6-4-16(5-7-18)14-20-22(29)27(23(30)34-20)9-8-25-21(28)17-2-1-3-19(15-17)35(31,32)26-10-12-33-13-11-26/h1-7,14-15H,8-13H2,(H,25,28). The number of thioether (sulfide) groups is 1. The fourth-order valence-corrected chi connectivity index (χ4v) is 5.84. The van der Waals surface area contributed by atoms with E-state index in [1.54, 1.807) is 0 Å². The van der Waals surface area contributed by atoms with Gasteiger partial charge in [0.05, 0.1) is 23.0 Å². The first-order valence-electron chi connectivity index (χ1n) is 10.7. The molecule has 0 atom stereocenters. The Hall–Kier alpha value is -3.06. The van der Waals surface area contributed by atoms with Gasteiger partial charge in [-0.05, 0) is 53.7 Å². The van der Waals surface area contributed by atoms with E-state index in [0.29, 0.717) is 18.8 Å². The van der Waals surface area contributed by atoms with Crippen LogP contribution in [0.5, 0.6) is 0 Å². The van der Waals surface area contributed by atoms with Gasteiger partial charge < -0.3 is 10.1 Å². The predicted octanol–water partition coefficient (Wildman–Crippen LogP) is 2.31. The second-order valence-electron chi connectivity index (χ2n) is 7.69. The summed E-state index contributed by atoms with van der Waals surface area (Å²) in [5, 5.41) is 2.14. The van der Waals surface area contributed by atoms with Gasteiger partial charge >= 0.3 is 0 Å². The highest BCUT2D eigenvalue weighted by Crippen LogP contribution is 2.31. The maximum Gasteiger partial charge on any atom is 0.293 e. The highest BCUT2D eigenvalue weighted by Gasteiger charge is 2.34. The molecule has 1 N–H and O–H groups in total. The molecule has 2 aromatic rings. The molecular formula is C23H22FN3O6S2. The van der Waals surface area contributed by atoms with Crippen molar-refractivity contribution in [2.75, 3.05) is 39.4 Å². The zero-order chi connectivity index (χ0) is 25.0. The number of carbonyl (C=O) groups excluding carboxylic acids is 3. The lowest BCUT2D eigenvalue weighted by atomic mass is 10.2. The summed E-state index contributed by atoms with van der Waals surface area (Å²) in [5.74, 6) is -1.44. The zero-order valence-electron chi connectivity index (χ0n) is 18.5. The third-order valence-electron chi connectivity index (χ3n) is 5.37. The average Bonchev–Trinajstić information content (AvgIpc) is 3.13. The number of amides is 3. The number of benzene rings is 2. The van der Waals surface area contributed by atoms with Gasteiger partial charge in [-0.25, -0.2) is 12.8 Å². The van der Waals surface area contributed by atoms with E-state index in [1.807, 2.05) is 0 Å². The number of nitrogens with one attached hydrogen (secondary N) is 1. The van der Waals surface area contributed by atoms with Crippen LogP contribution in [-0.4, -0.2) is 74.1 Å². The minimum absolute atomic E-state index is 0.00363. The number of hydrogen-bond donors (Lipinski definition) is 1. The topological polar surface area (TPSA) is 113 Å². The summed E-state index contributed by atoms with van der Waals surface area (Å²) in [6.45, 7) is 1.04. The van der Waals surface area contributed by atoms with Crippen LogP contribution in [0.15, 0.2) is 58.3 Å². The first kappa shape index (κ1) is 25.0. The van der Waals surface area contributed by atoms with Crippen molar-refractivity contribution in [1.82, 2.24) is 14.5 Å². The number of carbonyl (C=O) groups is 3. The second-order valence-corrected chi connectivity index (χ2v) is 10.6. The number of rotatable bonds is 7. The van der Waals surface area contributed by atoms with Gasteiger partial charge in [0, 0.05) is 31.7 Å². The first-order valence-corrected chi connectivity index (χ1v) is 13.0. The van der Waals surface area contributed by atoms with E-state index in [1.165, 1.54) is 58.9 Å². The Morgan fingerprint density at radius 2 is 1.83 bits per heavy atom. The number of nitrogens with zero attached hydrogens (tertiary/aromatic N) is 2. The maximum atomic E-state index is 13.1. The molecule has 12 heteroatoms. The number of morpholine rings is 1. The average molecular weight is 520 g/mol. The number of sulfonamides is 1. The van der Waals surface area contributed by atoms with Crippen LogP contribution in [0.1, 0.15) is 15.9 Å². The van der Waals surface area contributed by atoms with Crippen LogP contribution in [0.4, 0.5) is 9.18 Å². The van der Waals surface area contributed by atoms with Crippen LogP contribution >= 0.6 is 11.8 Å². The summed E-state index contributed by atoms with van der Waals surface area (Å²) >= 11 is 0.766. The van der Waals surface area contributed by atoms with Gasteiger partial charge in [0.2, 0.25) is 10.0 Å². The van der Waals surface area contributed by atoms with Crippen molar-refractivity contribution in [3.8, 4) is 0 Å². The van der Waals surface area contributed by atoms with E-state index in [4.69, 9.17) is 4.74 Å². The zero-order valence-corrected chi connectivity index (χ0v) is 20.1. The van der Waals surface area contributed by atoms with Gasteiger partial charge in [0.25, 0.3) is 17.1 Å². The van der Waals surface area contributed by atoms with Crippen molar-refractivity contribution < 1.29 is 31.9 Å². The maximum absolute atomic E-state index is 13.1. The Morgan fingerprint density at radius 1 is 1.11 bits per heavy atom. The van der Waals surface area contributed by atoms with Crippen LogP contribution in [-0.2, 0) is 19.6 Å². The largest absolute Gasteiger partial charge is 0.379 e. The van der Waals surface area contributed by atoms with Crippen LogP contribution in [0.3, 0.4) is 0 Å². The summed E-state index contributed by atoms with van der Waals surface area (Å²) < 4.78 is 45.2. The van der Waals surface area contributed by atoms with E-state index >= 15 is 0 Å². The van der Waals surface area contributed by atoms with Crippen LogP contribution in [0.2, 0.25) is 0 Å². The molecule has 9 nitrogen and oxygen atoms in total. The molecule has 2 aromatic carbocycles. The third-order valence-corrected chi connectivity index (χ3v) is 8.17. The lowest BCUT2D eigenvalue weighted by molar-refractivity contribution is -0.122. The molecule has 0 aliphatic carbocycles. The lowest BCUT2D eigenvalue weighted by Crippen LogP contribution is -2.40. The smallest absolute Gasteiger partial charge is 0.293 e. The van der Waals surface area contributed by atoms with Crippen LogP contribution in [0.25, 0.3) is 6.08 Å². The number of imide groups is 1. The van der Waals surface area contributed by atoms with Gasteiger partial charge in [-0.3, -0.25) is 19.3 Å². The highest BCUT2D eigenvalue weighted by atomic mass is 32.2. The van der Waals surface area contributed by atoms with Crippen molar-refractivity contribution in [3.63, 3.8) is 0 Å². The molecule has 184 valence electrons. The minimum Gasteiger partial charge on any atom is -0.379 e. The molecule has 3 amide bonds. The van der Waals surface area contributed by atoms with E-state index in [2.05, 4.69) is 5.32 Å². The summed E-state index contributed by atoms with van der Waals surface area (Å²) in [4.78, 5) is 38.7. The summed E-state index contributed by atoms with van der Waals surface area (Å²) in [5.41, 5.74) is 0.724. The second kappa shape index (κ2) is 10.7. The number of ether oxygens (including phenoxy) is 1. The molecule has 0 radical (unpaired) electrons. The molecule has 4 rings (SSSR count). The van der Waals surface area contributed by atoms with Gasteiger partial charge in [0.1, 0.15) is 5.82 Å². The molecule has 2 heterocycles. The van der Waals surface area contributed by atoms with E-state index in [-0.39, 0.29) is 41.5 Å². The predicted molar refractivity (Wildman–Crippen MR) is 127 cm³/mol. The molecule has 0 unspecified atom stereocenters. The SMILES string of the molecule is O=C(NCCN1C(=O)SC(=Cc2ccc(F)cc2)C1=O)c1cccc(S(=O)(=O)N2CCOCC2)c1. The van der Waals surface area contributed by atoms with Crippen molar-refractivity contribution in [3.05, 3.63) is 70.4 Å². The van der Waals surface area contributed by atoms with E-state index < -0.39 is 32.9 Å². The van der Waals surface area contributed by atoms with Crippen LogP contribution in [0, 0.1) is 5.82 Å². The van der Waals surface area contributed by atoms with Gasteiger partial charge in [-0.15, -0.1) is 0 Å². The fourth-order valence-electron chi connectivity index (χ4n) is 3.52. The normalized spacial score (nSPS) is 18.3. The Balaban J connectivity index is 1.36. The molecule has 2 fully saturated rings. The van der Waals surface area contributed by atoms with E-state index in [9.17, 15) is 27.2 Å². The molecule has 0 spiro atoms. The van der Waals surface area contributed by atoms with Gasteiger partial charge in [-0.1, -0.05) is 18.2 Å². The Morgan fingerprint density at radius 3 is 2.54 bits per heavy atom. The molecule has 2 saturated heterocycles. The number of hydrogen-bond acceptors (Lipinski definition) is 7. The fraction of sp³-hybridized carbons (Fsp3) is 0.261. The summed E-state index contributed by atoms with van der Waals surface area (Å²) in [7, 11) is -3.75. The summed E-state index contributed by atoms with van der Waals surface area (Å²) in [6.07, 6.45) is 1.50. The molecule has 0 saturated carbocycles. The molecule has 0 aromatic heterocycles.